The number of aliphatic hydroxyl groups is 2. The molecule has 0 saturated heterocycles. The number of nitrogens with one attached hydrogen (secondary N) is 1. The van der Waals surface area contributed by atoms with E-state index in [-0.39, 0.29) is 18.5 Å². The smallest absolute Gasteiger partial charge is 0.305 e. The minimum absolute atomic E-state index is 0.0209. The van der Waals surface area contributed by atoms with E-state index in [0.29, 0.717) is 19.4 Å². The number of rotatable bonds is 67. The number of aliphatic hydroxyl groups excluding tert-OH is 2. The highest BCUT2D eigenvalue weighted by Crippen LogP contribution is 2.19. The molecule has 77 heavy (non-hydrogen) atoms. The molecule has 2 atom stereocenters. The van der Waals surface area contributed by atoms with E-state index in [1.807, 2.05) is 6.08 Å². The molecule has 0 aromatic heterocycles. The number of ether oxygens (including phenoxy) is 1. The minimum atomic E-state index is -0.843. The van der Waals surface area contributed by atoms with Crippen LogP contribution in [-0.4, -0.2) is 47.4 Å². The molecule has 6 nitrogen and oxygen atoms in total. The molecule has 0 spiro atoms. The zero-order chi connectivity index (χ0) is 55.7. The quantitative estimate of drug-likeness (QED) is 0.0320. The molecule has 0 radical (unpaired) electrons. The number of carbonyl (C=O) groups excluding carboxylic acids is 2. The average Bonchev–Trinajstić information content (AvgIpc) is 3.43. The summed E-state index contributed by atoms with van der Waals surface area (Å²) in [4.78, 5) is 24.6. The van der Waals surface area contributed by atoms with Crippen molar-refractivity contribution >= 4 is 11.9 Å². The van der Waals surface area contributed by atoms with Crippen LogP contribution in [0.3, 0.4) is 0 Å². The van der Waals surface area contributed by atoms with Crippen molar-refractivity contribution in [1.82, 2.24) is 5.32 Å². The summed E-state index contributed by atoms with van der Waals surface area (Å²) in [5.41, 5.74) is 0. The lowest BCUT2D eigenvalue weighted by Gasteiger charge is -2.20. The first kappa shape index (κ1) is 75.6. The second-order valence-electron chi connectivity index (χ2n) is 24.6. The van der Waals surface area contributed by atoms with E-state index in [9.17, 15) is 19.8 Å². The second-order valence-corrected chi connectivity index (χ2v) is 24.6. The zero-order valence-corrected chi connectivity index (χ0v) is 52.5. The molecule has 3 N–H and O–H groups in total. The van der Waals surface area contributed by atoms with Crippen molar-refractivity contribution < 1.29 is 24.5 Å². The van der Waals surface area contributed by atoms with E-state index in [2.05, 4.69) is 19.2 Å². The Balaban J connectivity index is 3.35. The van der Waals surface area contributed by atoms with E-state index in [1.54, 1.807) is 6.08 Å². The number of unbranched alkanes of at least 4 members (excludes halogenated alkanes) is 56. The second kappa shape index (κ2) is 67.1. The summed E-state index contributed by atoms with van der Waals surface area (Å²) in [6.07, 6.45) is 82.9. The first-order chi connectivity index (χ1) is 38.0. The molecule has 0 heterocycles. The Bertz CT molecular complexity index is 1160. The van der Waals surface area contributed by atoms with Gasteiger partial charge in [0.25, 0.3) is 0 Å². The van der Waals surface area contributed by atoms with E-state index < -0.39 is 12.1 Å². The van der Waals surface area contributed by atoms with Crippen LogP contribution in [0.4, 0.5) is 0 Å². The fraction of sp³-hybridized carbons (Fsp3) is 0.944. The normalized spacial score (nSPS) is 12.5. The van der Waals surface area contributed by atoms with Crippen LogP contribution in [0.2, 0.25) is 0 Å². The van der Waals surface area contributed by atoms with Crippen LogP contribution in [0.25, 0.3) is 0 Å². The molecule has 0 saturated carbocycles. The van der Waals surface area contributed by atoms with Gasteiger partial charge in [-0.1, -0.05) is 373 Å². The predicted octanol–water partition coefficient (Wildman–Crippen LogP) is 22.8. The maximum absolute atomic E-state index is 12.5. The van der Waals surface area contributed by atoms with Crippen LogP contribution >= 0.6 is 0 Å². The Kier molecular flexibility index (Phi) is 65.9. The average molecular weight is 1090 g/mol. The molecule has 0 aliphatic carbocycles. The molecule has 2 unspecified atom stereocenters. The van der Waals surface area contributed by atoms with Crippen molar-refractivity contribution in [3.05, 3.63) is 12.2 Å². The number of hydrogen-bond donors (Lipinski definition) is 3. The van der Waals surface area contributed by atoms with Gasteiger partial charge in [-0.3, -0.25) is 9.59 Å². The van der Waals surface area contributed by atoms with Crippen LogP contribution in [0, 0.1) is 0 Å². The van der Waals surface area contributed by atoms with Crippen molar-refractivity contribution in [2.45, 2.75) is 418 Å². The number of esters is 1. The zero-order valence-electron chi connectivity index (χ0n) is 52.5. The number of hydrogen-bond acceptors (Lipinski definition) is 5. The molecule has 0 bridgehead atoms. The van der Waals surface area contributed by atoms with Crippen molar-refractivity contribution in [1.29, 1.82) is 0 Å². The highest BCUT2D eigenvalue weighted by Gasteiger charge is 2.18. The van der Waals surface area contributed by atoms with E-state index >= 15 is 0 Å². The lowest BCUT2D eigenvalue weighted by Crippen LogP contribution is -2.45. The maximum Gasteiger partial charge on any atom is 0.305 e. The van der Waals surface area contributed by atoms with E-state index in [0.717, 1.165) is 38.5 Å². The first-order valence-electron chi connectivity index (χ1n) is 35.5. The van der Waals surface area contributed by atoms with Gasteiger partial charge in [0, 0.05) is 12.8 Å². The van der Waals surface area contributed by atoms with Gasteiger partial charge >= 0.3 is 5.97 Å². The summed E-state index contributed by atoms with van der Waals surface area (Å²) in [6, 6.07) is -0.626. The molecule has 0 aromatic carbocycles. The third-order valence-electron chi connectivity index (χ3n) is 16.8. The number of amides is 1. The van der Waals surface area contributed by atoms with Crippen LogP contribution < -0.4 is 5.32 Å². The van der Waals surface area contributed by atoms with E-state index in [4.69, 9.17) is 4.74 Å². The van der Waals surface area contributed by atoms with E-state index in [1.165, 1.54) is 340 Å². The number of carbonyl (C=O) groups is 2. The van der Waals surface area contributed by atoms with Gasteiger partial charge in [0.1, 0.15) is 0 Å². The predicted molar refractivity (Wildman–Crippen MR) is 338 cm³/mol. The molecule has 6 heteroatoms. The molecule has 0 aliphatic rings. The molecule has 0 aromatic rings. The monoisotopic (exact) mass is 1090 g/mol. The number of allylic oxidation sites excluding steroid dienone is 1. The standard InChI is InChI=1S/C71H139NO5/c1-3-5-7-9-11-13-15-17-19-21-28-33-37-41-45-49-53-57-61-65-71(76)77-66-62-58-54-50-46-42-38-34-30-27-25-23-22-24-26-29-32-36-40-44-48-52-56-60-64-70(75)72-68(67-73)69(74)63-59-55-51-47-43-39-35-31-20-18-16-14-12-10-8-6-4-2/h59,63,68-69,73-74H,3-58,60-62,64-67H2,1-2H3,(H,72,75)/b63-59+. The molecule has 0 rings (SSSR count). The van der Waals surface area contributed by atoms with Gasteiger partial charge < -0.3 is 20.3 Å². The van der Waals surface area contributed by atoms with Crippen LogP contribution in [0.15, 0.2) is 12.2 Å². The lowest BCUT2D eigenvalue weighted by atomic mass is 10.0. The van der Waals surface area contributed by atoms with Crippen LogP contribution in [0.5, 0.6) is 0 Å². The highest BCUT2D eigenvalue weighted by atomic mass is 16.5. The van der Waals surface area contributed by atoms with Gasteiger partial charge in [-0.25, -0.2) is 0 Å². The molecule has 1 amide bonds. The Labute approximate surface area is 482 Å². The lowest BCUT2D eigenvalue weighted by molar-refractivity contribution is -0.143. The van der Waals surface area contributed by atoms with Gasteiger partial charge in [-0.15, -0.1) is 0 Å². The summed E-state index contributed by atoms with van der Waals surface area (Å²) in [5, 5.41) is 23.2. The fourth-order valence-electron chi connectivity index (χ4n) is 11.4. The van der Waals surface area contributed by atoms with Crippen molar-refractivity contribution in [3.8, 4) is 0 Å². The largest absolute Gasteiger partial charge is 0.466 e. The summed E-state index contributed by atoms with van der Waals surface area (Å²) in [7, 11) is 0. The molecular formula is C71H139NO5. The van der Waals surface area contributed by atoms with Crippen molar-refractivity contribution in [2.75, 3.05) is 13.2 Å². The topological polar surface area (TPSA) is 95.9 Å². The molecule has 458 valence electrons. The summed E-state index contributed by atoms with van der Waals surface area (Å²) in [6.45, 7) is 4.95. The summed E-state index contributed by atoms with van der Waals surface area (Å²) in [5.74, 6) is -0.0422. The van der Waals surface area contributed by atoms with Gasteiger partial charge in [0.15, 0.2) is 0 Å². The first-order valence-corrected chi connectivity index (χ1v) is 35.5. The van der Waals surface area contributed by atoms with Crippen molar-refractivity contribution in [3.63, 3.8) is 0 Å². The van der Waals surface area contributed by atoms with Crippen molar-refractivity contribution in [2.24, 2.45) is 0 Å². The Morgan fingerprint density at radius 3 is 0.883 bits per heavy atom. The van der Waals surface area contributed by atoms with Gasteiger partial charge in [0.05, 0.1) is 25.4 Å². The summed E-state index contributed by atoms with van der Waals surface area (Å²) >= 11 is 0. The summed E-state index contributed by atoms with van der Waals surface area (Å²) < 4.78 is 5.51. The third kappa shape index (κ3) is 63.6. The van der Waals surface area contributed by atoms with Crippen LogP contribution in [0.1, 0.15) is 406 Å². The fourth-order valence-corrected chi connectivity index (χ4v) is 11.4. The Hall–Kier alpha value is -1.40. The SMILES string of the molecule is CCCCCCCCCCCCCCCCC/C=C/C(O)C(CO)NC(=O)CCCCCCCCCCCCCCCCCCCCCCCCCCOC(=O)CCCCCCCCCCCCCCCCCCCCC. The molecule has 0 fully saturated rings. The molecular weight excluding hydrogens is 947 g/mol. The van der Waals surface area contributed by atoms with Gasteiger partial charge in [-0.05, 0) is 32.1 Å². The highest BCUT2D eigenvalue weighted by molar-refractivity contribution is 5.76. The van der Waals surface area contributed by atoms with Gasteiger partial charge in [0.2, 0.25) is 5.91 Å². The maximum atomic E-state index is 12.5. The third-order valence-corrected chi connectivity index (χ3v) is 16.8. The minimum Gasteiger partial charge on any atom is -0.466 e. The van der Waals surface area contributed by atoms with Gasteiger partial charge in [-0.2, -0.15) is 0 Å². The Morgan fingerprint density at radius 1 is 0.351 bits per heavy atom. The molecule has 0 aliphatic heterocycles. The van der Waals surface area contributed by atoms with Crippen LogP contribution in [-0.2, 0) is 14.3 Å². The Morgan fingerprint density at radius 2 is 0.597 bits per heavy atom.